The van der Waals surface area contributed by atoms with Crippen molar-refractivity contribution >= 4 is 22.7 Å². The molecule has 2 fully saturated rings. The van der Waals surface area contributed by atoms with Crippen LogP contribution in [0.25, 0.3) is 22.3 Å². The van der Waals surface area contributed by atoms with Gasteiger partial charge in [-0.05, 0) is 45.0 Å². The van der Waals surface area contributed by atoms with Crippen LogP contribution in [0.2, 0.25) is 0 Å². The van der Waals surface area contributed by atoms with Gasteiger partial charge in [0.2, 0.25) is 5.95 Å². The van der Waals surface area contributed by atoms with E-state index in [2.05, 4.69) is 41.9 Å². The van der Waals surface area contributed by atoms with E-state index in [1.807, 2.05) is 31.7 Å². The Kier molecular flexibility index (Phi) is 5.03. The van der Waals surface area contributed by atoms with Gasteiger partial charge in [0.05, 0.1) is 11.4 Å². The van der Waals surface area contributed by atoms with Crippen LogP contribution in [0.3, 0.4) is 0 Å². The molecule has 0 aromatic carbocycles. The SMILES string of the molecule is CNC1CCN(c2nccc(-c3cnc4[nH]ccc4c3N[C@@H]3CCCNC3)n2)C1. The Balaban J connectivity index is 1.51. The van der Waals surface area contributed by atoms with E-state index in [1.165, 1.54) is 6.42 Å². The number of aromatic nitrogens is 4. The highest BCUT2D eigenvalue weighted by Gasteiger charge is 2.24. The van der Waals surface area contributed by atoms with Crippen LogP contribution >= 0.6 is 0 Å². The van der Waals surface area contributed by atoms with Gasteiger partial charge < -0.3 is 25.8 Å². The summed E-state index contributed by atoms with van der Waals surface area (Å²) >= 11 is 0. The molecule has 0 amide bonds. The molecule has 29 heavy (non-hydrogen) atoms. The predicted molar refractivity (Wildman–Crippen MR) is 116 cm³/mol. The molecular weight excluding hydrogens is 364 g/mol. The Morgan fingerprint density at radius 1 is 1.17 bits per heavy atom. The molecule has 2 atom stereocenters. The third-order valence-electron chi connectivity index (χ3n) is 6.03. The fourth-order valence-corrected chi connectivity index (χ4v) is 4.37. The molecule has 0 radical (unpaired) electrons. The van der Waals surface area contributed by atoms with Gasteiger partial charge in [-0.1, -0.05) is 0 Å². The number of nitrogens with one attached hydrogen (secondary N) is 4. The maximum Gasteiger partial charge on any atom is 0.225 e. The Hall–Kier alpha value is -2.71. The van der Waals surface area contributed by atoms with Gasteiger partial charge in [0.1, 0.15) is 5.65 Å². The fourth-order valence-electron chi connectivity index (χ4n) is 4.37. The number of nitrogens with zero attached hydrogens (tertiary/aromatic N) is 4. The molecule has 8 heteroatoms. The third-order valence-corrected chi connectivity index (χ3v) is 6.03. The van der Waals surface area contributed by atoms with Crippen LogP contribution in [0.5, 0.6) is 0 Å². The minimum absolute atomic E-state index is 0.402. The first kappa shape index (κ1) is 18.3. The molecule has 5 rings (SSSR count). The van der Waals surface area contributed by atoms with E-state index in [0.29, 0.717) is 12.1 Å². The lowest BCUT2D eigenvalue weighted by Crippen LogP contribution is -2.38. The molecule has 5 heterocycles. The van der Waals surface area contributed by atoms with Crippen molar-refractivity contribution in [3.63, 3.8) is 0 Å². The van der Waals surface area contributed by atoms with Crippen LogP contribution in [0.15, 0.2) is 30.7 Å². The van der Waals surface area contributed by atoms with Gasteiger partial charge in [-0.2, -0.15) is 0 Å². The highest BCUT2D eigenvalue weighted by Crippen LogP contribution is 2.34. The first-order valence-electron chi connectivity index (χ1n) is 10.5. The number of H-pyrrole nitrogens is 1. The maximum atomic E-state index is 4.92. The number of anilines is 2. The molecule has 0 spiro atoms. The molecule has 0 aliphatic carbocycles. The number of hydrogen-bond acceptors (Lipinski definition) is 7. The molecule has 2 aliphatic rings. The van der Waals surface area contributed by atoms with Gasteiger partial charge >= 0.3 is 0 Å². The quantitative estimate of drug-likeness (QED) is 0.527. The summed E-state index contributed by atoms with van der Waals surface area (Å²) in [6, 6.07) is 4.97. The topological polar surface area (TPSA) is 93.8 Å². The van der Waals surface area contributed by atoms with Crippen LogP contribution in [0.4, 0.5) is 11.6 Å². The Labute approximate surface area is 170 Å². The summed E-state index contributed by atoms with van der Waals surface area (Å²) in [7, 11) is 2.02. The second kappa shape index (κ2) is 7.96. The molecule has 3 aromatic rings. The molecule has 4 N–H and O–H groups in total. The molecule has 0 saturated carbocycles. The summed E-state index contributed by atoms with van der Waals surface area (Å²) in [6.07, 6.45) is 9.19. The summed E-state index contributed by atoms with van der Waals surface area (Å²) in [5, 5.41) is 11.7. The Morgan fingerprint density at radius 3 is 2.97 bits per heavy atom. The van der Waals surface area contributed by atoms with Gasteiger partial charge in [-0.3, -0.25) is 0 Å². The average Bonchev–Trinajstić information content (AvgIpc) is 3.44. The fraction of sp³-hybridized carbons (Fsp3) is 0.476. The number of pyridine rings is 1. The van der Waals surface area contributed by atoms with E-state index in [-0.39, 0.29) is 0 Å². The molecule has 152 valence electrons. The molecule has 3 aromatic heterocycles. The zero-order valence-electron chi connectivity index (χ0n) is 16.8. The largest absolute Gasteiger partial charge is 0.380 e. The number of hydrogen-bond donors (Lipinski definition) is 4. The summed E-state index contributed by atoms with van der Waals surface area (Å²) in [5.74, 6) is 0.791. The van der Waals surface area contributed by atoms with Crippen molar-refractivity contribution in [2.75, 3.05) is 43.4 Å². The van der Waals surface area contributed by atoms with Crippen LogP contribution in [0.1, 0.15) is 19.3 Å². The Bertz CT molecular complexity index is 978. The highest BCUT2D eigenvalue weighted by molar-refractivity contribution is 5.97. The van der Waals surface area contributed by atoms with E-state index in [0.717, 1.165) is 72.9 Å². The van der Waals surface area contributed by atoms with E-state index < -0.39 is 0 Å². The maximum absolute atomic E-state index is 4.92. The number of rotatable bonds is 5. The predicted octanol–water partition coefficient (Wildman–Crippen LogP) is 1.98. The lowest BCUT2D eigenvalue weighted by Gasteiger charge is -2.26. The standard InChI is InChI=1S/C21H28N8/c1-22-15-6-10-29(13-15)21-25-9-5-18(28-21)17-12-26-20-16(4-8-24-20)19(17)27-14-3-2-7-23-11-14/h4-5,8-9,12,14-15,22-23H,2-3,6-7,10-11,13H2,1H3,(H2,24,26,27)/t14-,15?/m1/s1. The highest BCUT2D eigenvalue weighted by atomic mass is 15.3. The molecule has 8 nitrogen and oxygen atoms in total. The summed E-state index contributed by atoms with van der Waals surface area (Å²) in [4.78, 5) is 19.6. The zero-order valence-corrected chi connectivity index (χ0v) is 16.8. The normalized spacial score (nSPS) is 22.3. The second-order valence-corrected chi connectivity index (χ2v) is 7.94. The van der Waals surface area contributed by atoms with Crippen LogP contribution in [0, 0.1) is 0 Å². The lowest BCUT2D eigenvalue weighted by atomic mass is 10.0. The van der Waals surface area contributed by atoms with E-state index >= 15 is 0 Å². The zero-order chi connectivity index (χ0) is 19.6. The number of fused-ring (bicyclic) bond motifs is 1. The van der Waals surface area contributed by atoms with Crippen molar-refractivity contribution < 1.29 is 0 Å². The summed E-state index contributed by atoms with van der Waals surface area (Å²) in [6.45, 7) is 3.98. The summed E-state index contributed by atoms with van der Waals surface area (Å²) in [5.41, 5.74) is 3.93. The van der Waals surface area contributed by atoms with Crippen molar-refractivity contribution in [1.82, 2.24) is 30.6 Å². The first-order chi connectivity index (χ1) is 14.3. The minimum Gasteiger partial charge on any atom is -0.380 e. The molecule has 2 aliphatic heterocycles. The van der Waals surface area contributed by atoms with Gasteiger partial charge in [0.15, 0.2) is 0 Å². The minimum atomic E-state index is 0.402. The first-order valence-corrected chi connectivity index (χ1v) is 10.5. The van der Waals surface area contributed by atoms with E-state index in [1.54, 1.807) is 0 Å². The third kappa shape index (κ3) is 3.65. The number of likely N-dealkylation sites (N-methyl/N-ethyl adjacent to an activating group) is 1. The number of aromatic amines is 1. The van der Waals surface area contributed by atoms with Gasteiger partial charge in [-0.15, -0.1) is 0 Å². The van der Waals surface area contributed by atoms with E-state index in [4.69, 9.17) is 4.98 Å². The van der Waals surface area contributed by atoms with Crippen molar-refractivity contribution in [3.05, 3.63) is 30.7 Å². The molecule has 1 unspecified atom stereocenters. The average molecular weight is 393 g/mol. The molecule has 0 bridgehead atoms. The van der Waals surface area contributed by atoms with Crippen molar-refractivity contribution in [3.8, 4) is 11.3 Å². The monoisotopic (exact) mass is 392 g/mol. The van der Waals surface area contributed by atoms with Gasteiger partial charge in [-0.25, -0.2) is 15.0 Å². The van der Waals surface area contributed by atoms with E-state index in [9.17, 15) is 0 Å². The van der Waals surface area contributed by atoms with Crippen LogP contribution in [-0.2, 0) is 0 Å². The smallest absolute Gasteiger partial charge is 0.225 e. The second-order valence-electron chi connectivity index (χ2n) is 7.94. The van der Waals surface area contributed by atoms with Crippen molar-refractivity contribution in [2.45, 2.75) is 31.3 Å². The van der Waals surface area contributed by atoms with Crippen molar-refractivity contribution in [2.24, 2.45) is 0 Å². The van der Waals surface area contributed by atoms with Gasteiger partial charge in [0.25, 0.3) is 0 Å². The van der Waals surface area contributed by atoms with Crippen LogP contribution < -0.4 is 20.9 Å². The van der Waals surface area contributed by atoms with Crippen LogP contribution in [-0.4, -0.2) is 65.2 Å². The molecule has 2 saturated heterocycles. The van der Waals surface area contributed by atoms with Gasteiger partial charge in [0, 0.05) is 61.3 Å². The Morgan fingerprint density at radius 2 is 2.14 bits per heavy atom. The van der Waals surface area contributed by atoms with Crippen molar-refractivity contribution in [1.29, 1.82) is 0 Å². The number of piperidine rings is 1. The lowest BCUT2D eigenvalue weighted by molar-refractivity contribution is 0.480. The summed E-state index contributed by atoms with van der Waals surface area (Å²) < 4.78 is 0. The molecular formula is C21H28N8.